The zero-order valence-corrected chi connectivity index (χ0v) is 16.3. The van der Waals surface area contributed by atoms with Gasteiger partial charge in [0.25, 0.3) is 0 Å². The molecule has 3 aliphatic heterocycles. The largest absolute Gasteiger partial charge is 0.484 e. The standard InChI is InChI=1S/C21H27N3O4/c1-15(25)23-10-6-16(7-11-23)20(27)24-12-8-21(9-13-24)14-19(26)22-17-4-2-3-5-18(17)28-21/h2-5,16H,6-14H2,1H3,(H,22,26). The summed E-state index contributed by atoms with van der Waals surface area (Å²) in [6.45, 7) is 4.09. The van der Waals surface area contributed by atoms with E-state index in [1.807, 2.05) is 34.1 Å². The van der Waals surface area contributed by atoms with Crippen molar-refractivity contribution in [2.24, 2.45) is 5.92 Å². The van der Waals surface area contributed by atoms with Gasteiger partial charge in [0.1, 0.15) is 11.4 Å². The number of anilines is 1. The Hall–Kier alpha value is -2.57. The van der Waals surface area contributed by atoms with Gasteiger partial charge in [-0.2, -0.15) is 0 Å². The van der Waals surface area contributed by atoms with Crippen molar-refractivity contribution in [1.82, 2.24) is 9.80 Å². The van der Waals surface area contributed by atoms with Gasteiger partial charge in [0.05, 0.1) is 12.1 Å². The number of benzene rings is 1. The van der Waals surface area contributed by atoms with E-state index in [1.54, 1.807) is 6.92 Å². The number of hydrogen-bond acceptors (Lipinski definition) is 4. The maximum atomic E-state index is 12.9. The number of likely N-dealkylation sites (tertiary alicyclic amines) is 2. The molecule has 3 heterocycles. The minimum absolute atomic E-state index is 0.0104. The van der Waals surface area contributed by atoms with Gasteiger partial charge in [-0.25, -0.2) is 0 Å². The third-order valence-corrected chi connectivity index (χ3v) is 6.25. The van der Waals surface area contributed by atoms with Crippen molar-refractivity contribution in [2.45, 2.75) is 44.6 Å². The predicted octanol–water partition coefficient (Wildman–Crippen LogP) is 2.03. The number of nitrogens with one attached hydrogen (secondary N) is 1. The molecule has 0 unspecified atom stereocenters. The Bertz CT molecular complexity index is 778. The highest BCUT2D eigenvalue weighted by molar-refractivity contribution is 5.93. The Balaban J connectivity index is 1.38. The third kappa shape index (κ3) is 3.70. The minimum atomic E-state index is -0.550. The summed E-state index contributed by atoms with van der Waals surface area (Å²) < 4.78 is 6.30. The first-order valence-electron chi connectivity index (χ1n) is 10.1. The van der Waals surface area contributed by atoms with Crippen LogP contribution in [0.2, 0.25) is 0 Å². The molecule has 3 aliphatic rings. The Morgan fingerprint density at radius 1 is 1.07 bits per heavy atom. The summed E-state index contributed by atoms with van der Waals surface area (Å²) in [5.41, 5.74) is 0.158. The van der Waals surface area contributed by atoms with Gasteiger partial charge in [0, 0.05) is 51.9 Å². The van der Waals surface area contributed by atoms with Crippen LogP contribution in [0.15, 0.2) is 24.3 Å². The molecule has 150 valence electrons. The van der Waals surface area contributed by atoms with E-state index in [2.05, 4.69) is 5.32 Å². The van der Waals surface area contributed by atoms with Crippen LogP contribution >= 0.6 is 0 Å². The zero-order valence-electron chi connectivity index (χ0n) is 16.3. The number of carbonyl (C=O) groups is 3. The molecule has 2 saturated heterocycles. The fourth-order valence-corrected chi connectivity index (χ4v) is 4.53. The lowest BCUT2D eigenvalue weighted by Gasteiger charge is -2.42. The van der Waals surface area contributed by atoms with Gasteiger partial charge in [-0.05, 0) is 25.0 Å². The van der Waals surface area contributed by atoms with Crippen molar-refractivity contribution >= 4 is 23.4 Å². The monoisotopic (exact) mass is 385 g/mol. The zero-order chi connectivity index (χ0) is 19.7. The lowest BCUT2D eigenvalue weighted by Crippen LogP contribution is -2.52. The molecule has 0 bridgehead atoms. The summed E-state index contributed by atoms with van der Waals surface area (Å²) in [6.07, 6.45) is 3.05. The van der Waals surface area contributed by atoms with Crippen LogP contribution in [-0.2, 0) is 14.4 Å². The van der Waals surface area contributed by atoms with E-state index in [0.717, 1.165) is 12.8 Å². The summed E-state index contributed by atoms with van der Waals surface area (Å²) in [5, 5.41) is 2.92. The number of rotatable bonds is 1. The maximum absolute atomic E-state index is 12.9. The normalized spacial score (nSPS) is 22.1. The van der Waals surface area contributed by atoms with E-state index in [9.17, 15) is 14.4 Å². The first kappa shape index (κ1) is 18.8. The van der Waals surface area contributed by atoms with E-state index >= 15 is 0 Å². The second-order valence-corrected chi connectivity index (χ2v) is 8.11. The second kappa shape index (κ2) is 7.45. The summed E-state index contributed by atoms with van der Waals surface area (Å²) >= 11 is 0. The van der Waals surface area contributed by atoms with Crippen LogP contribution in [0.4, 0.5) is 5.69 Å². The van der Waals surface area contributed by atoms with E-state index in [1.165, 1.54) is 0 Å². The van der Waals surface area contributed by atoms with Crippen LogP contribution in [0.5, 0.6) is 5.75 Å². The van der Waals surface area contributed by atoms with E-state index in [4.69, 9.17) is 4.74 Å². The summed E-state index contributed by atoms with van der Waals surface area (Å²) in [6, 6.07) is 7.50. The molecule has 1 aromatic carbocycles. The summed E-state index contributed by atoms with van der Waals surface area (Å²) in [5.74, 6) is 0.904. The van der Waals surface area contributed by atoms with Crippen molar-refractivity contribution < 1.29 is 19.1 Å². The lowest BCUT2D eigenvalue weighted by molar-refractivity contribution is -0.143. The molecule has 28 heavy (non-hydrogen) atoms. The van der Waals surface area contributed by atoms with Crippen LogP contribution in [0, 0.1) is 5.92 Å². The molecular weight excluding hydrogens is 358 g/mol. The first-order valence-corrected chi connectivity index (χ1v) is 10.1. The third-order valence-electron chi connectivity index (χ3n) is 6.25. The predicted molar refractivity (Wildman–Crippen MR) is 104 cm³/mol. The number of ether oxygens (including phenoxy) is 1. The molecule has 1 aromatic rings. The fraction of sp³-hybridized carbons (Fsp3) is 0.571. The highest BCUT2D eigenvalue weighted by Gasteiger charge is 2.43. The number of fused-ring (bicyclic) bond motifs is 1. The number of amides is 3. The number of carbonyl (C=O) groups excluding carboxylic acids is 3. The van der Waals surface area contributed by atoms with Crippen LogP contribution in [0.1, 0.15) is 39.0 Å². The average Bonchev–Trinajstić information content (AvgIpc) is 2.83. The van der Waals surface area contributed by atoms with Crippen LogP contribution in [0.3, 0.4) is 0 Å². The molecule has 1 N–H and O–H groups in total. The molecule has 7 heteroatoms. The summed E-state index contributed by atoms with van der Waals surface area (Å²) in [7, 11) is 0. The topological polar surface area (TPSA) is 79.0 Å². The van der Waals surface area contributed by atoms with Gasteiger partial charge in [-0.15, -0.1) is 0 Å². The molecule has 0 atom stereocenters. The quantitative estimate of drug-likeness (QED) is 0.802. The molecule has 2 fully saturated rings. The number of para-hydroxylation sites is 2. The van der Waals surface area contributed by atoms with Crippen molar-refractivity contribution in [3.63, 3.8) is 0 Å². The molecule has 0 radical (unpaired) electrons. The van der Waals surface area contributed by atoms with Gasteiger partial charge in [0.15, 0.2) is 0 Å². The van der Waals surface area contributed by atoms with Gasteiger partial charge >= 0.3 is 0 Å². The smallest absolute Gasteiger partial charge is 0.228 e. The van der Waals surface area contributed by atoms with E-state index < -0.39 is 5.60 Å². The maximum Gasteiger partial charge on any atom is 0.228 e. The lowest BCUT2D eigenvalue weighted by atomic mass is 9.86. The van der Waals surface area contributed by atoms with E-state index in [-0.39, 0.29) is 23.6 Å². The molecule has 1 spiro atoms. The van der Waals surface area contributed by atoms with Crippen molar-refractivity contribution in [1.29, 1.82) is 0 Å². The highest BCUT2D eigenvalue weighted by atomic mass is 16.5. The molecule has 0 saturated carbocycles. The minimum Gasteiger partial charge on any atom is -0.484 e. The summed E-state index contributed by atoms with van der Waals surface area (Å²) in [4.78, 5) is 40.5. The number of hydrogen-bond donors (Lipinski definition) is 1. The average molecular weight is 385 g/mol. The van der Waals surface area contributed by atoms with Gasteiger partial charge in [0.2, 0.25) is 17.7 Å². The van der Waals surface area contributed by atoms with Crippen molar-refractivity contribution in [3.8, 4) is 5.75 Å². The number of piperidine rings is 2. The Labute approximate surface area is 165 Å². The second-order valence-electron chi connectivity index (χ2n) is 8.11. The Kier molecular flexibility index (Phi) is 5.00. The molecule has 7 nitrogen and oxygen atoms in total. The molecule has 0 aromatic heterocycles. The number of nitrogens with zero attached hydrogens (tertiary/aromatic N) is 2. The van der Waals surface area contributed by atoms with Crippen molar-refractivity contribution in [3.05, 3.63) is 24.3 Å². The molecule has 0 aliphatic carbocycles. The Morgan fingerprint density at radius 3 is 2.43 bits per heavy atom. The van der Waals surface area contributed by atoms with Crippen LogP contribution < -0.4 is 10.1 Å². The molecular formula is C21H27N3O4. The van der Waals surface area contributed by atoms with Gasteiger partial charge < -0.3 is 19.9 Å². The van der Waals surface area contributed by atoms with Crippen LogP contribution in [0.25, 0.3) is 0 Å². The molecule has 4 rings (SSSR count). The molecule has 3 amide bonds. The highest BCUT2D eigenvalue weighted by Crippen LogP contribution is 2.38. The fourth-order valence-electron chi connectivity index (χ4n) is 4.53. The SMILES string of the molecule is CC(=O)N1CCC(C(=O)N2CCC3(CC2)CC(=O)Nc2ccccc2O3)CC1. The van der Waals surface area contributed by atoms with Crippen molar-refractivity contribution in [2.75, 3.05) is 31.5 Å². The van der Waals surface area contributed by atoms with E-state index in [0.29, 0.717) is 56.9 Å². The first-order chi connectivity index (χ1) is 13.5. The van der Waals surface area contributed by atoms with Crippen LogP contribution in [-0.4, -0.2) is 59.3 Å². The van der Waals surface area contributed by atoms with Gasteiger partial charge in [-0.3, -0.25) is 14.4 Å². The Morgan fingerprint density at radius 2 is 1.75 bits per heavy atom. The van der Waals surface area contributed by atoms with Gasteiger partial charge in [-0.1, -0.05) is 12.1 Å².